The standard InChI is InChI=1S/C11H7FN4O2.ClH.H2O/c12-6-3-7-8(15-11(18)10(17)14-7)4-9(6)16-2-1-13-5-16;;/h1-5H,(H,14,17)(H,15,18);1H;1H2. The van der Waals surface area contributed by atoms with Crippen LogP contribution in [-0.4, -0.2) is 25.0 Å². The van der Waals surface area contributed by atoms with Gasteiger partial charge in [0.1, 0.15) is 5.82 Å². The molecule has 0 fully saturated rings. The summed E-state index contributed by atoms with van der Waals surface area (Å²) in [7, 11) is 0. The molecule has 1 aromatic carbocycles. The number of nitrogens with zero attached hydrogens (tertiary/aromatic N) is 2. The zero-order valence-corrected chi connectivity index (χ0v) is 10.7. The first kappa shape index (κ1) is 15.6. The molecule has 9 heteroatoms. The van der Waals surface area contributed by atoms with Crippen molar-refractivity contribution >= 4 is 23.4 Å². The van der Waals surface area contributed by atoms with Gasteiger partial charge in [0.05, 0.1) is 23.0 Å². The number of hydrogen-bond donors (Lipinski definition) is 2. The van der Waals surface area contributed by atoms with Gasteiger partial charge in [-0.05, 0) is 6.07 Å². The van der Waals surface area contributed by atoms with E-state index in [0.717, 1.165) is 6.07 Å². The SMILES string of the molecule is Cl.O.O=c1[nH]c2cc(F)c(-n3ccnc3)cc2[nH]c1=O. The smallest absolute Gasteiger partial charge is 0.314 e. The molecule has 0 radical (unpaired) electrons. The van der Waals surface area contributed by atoms with E-state index >= 15 is 0 Å². The number of nitrogens with one attached hydrogen (secondary N) is 2. The monoisotopic (exact) mass is 300 g/mol. The highest BCUT2D eigenvalue weighted by Gasteiger charge is 2.08. The first-order valence-corrected chi connectivity index (χ1v) is 5.09. The fourth-order valence-electron chi connectivity index (χ4n) is 1.73. The highest BCUT2D eigenvalue weighted by molar-refractivity contribution is 5.85. The second-order valence-electron chi connectivity index (χ2n) is 3.73. The highest BCUT2D eigenvalue weighted by atomic mass is 35.5. The molecule has 2 aromatic heterocycles. The summed E-state index contributed by atoms with van der Waals surface area (Å²) in [6.07, 6.45) is 4.53. The molecule has 3 rings (SSSR count). The number of benzene rings is 1. The van der Waals surface area contributed by atoms with Crippen molar-refractivity contribution in [2.75, 3.05) is 0 Å². The Kier molecular flexibility index (Phi) is 4.43. The topological polar surface area (TPSA) is 115 Å². The summed E-state index contributed by atoms with van der Waals surface area (Å²) in [6.45, 7) is 0. The molecule has 4 N–H and O–H groups in total. The number of aromatic nitrogens is 4. The normalized spacial score (nSPS) is 9.85. The largest absolute Gasteiger partial charge is 0.412 e. The number of fused-ring (bicyclic) bond motifs is 1. The van der Waals surface area contributed by atoms with E-state index in [-0.39, 0.29) is 29.1 Å². The van der Waals surface area contributed by atoms with Crippen LogP contribution in [0.3, 0.4) is 0 Å². The van der Waals surface area contributed by atoms with E-state index in [0.29, 0.717) is 5.52 Å². The van der Waals surface area contributed by atoms with Gasteiger partial charge >= 0.3 is 11.1 Å². The molecule has 0 aliphatic heterocycles. The lowest BCUT2D eigenvalue weighted by atomic mass is 10.2. The Morgan fingerprint density at radius 2 is 1.70 bits per heavy atom. The van der Waals surface area contributed by atoms with E-state index < -0.39 is 16.9 Å². The number of aromatic amines is 2. The molecular weight excluding hydrogens is 291 g/mol. The molecular formula is C11H10ClFN4O3. The molecule has 0 atom stereocenters. The summed E-state index contributed by atoms with van der Waals surface area (Å²) in [6, 6.07) is 2.59. The van der Waals surface area contributed by atoms with Crippen molar-refractivity contribution in [3.8, 4) is 5.69 Å². The Morgan fingerprint density at radius 3 is 2.25 bits per heavy atom. The maximum atomic E-state index is 13.9. The van der Waals surface area contributed by atoms with Crippen molar-refractivity contribution in [2.24, 2.45) is 0 Å². The van der Waals surface area contributed by atoms with Gasteiger partial charge in [-0.2, -0.15) is 0 Å². The second kappa shape index (κ2) is 5.68. The summed E-state index contributed by atoms with van der Waals surface area (Å²) in [5, 5.41) is 0. The van der Waals surface area contributed by atoms with Crippen molar-refractivity contribution in [3.05, 3.63) is 57.4 Å². The first-order chi connectivity index (χ1) is 8.65. The molecule has 0 aliphatic carbocycles. The minimum absolute atomic E-state index is 0. The van der Waals surface area contributed by atoms with E-state index in [1.54, 1.807) is 6.20 Å². The van der Waals surface area contributed by atoms with E-state index in [9.17, 15) is 14.0 Å². The van der Waals surface area contributed by atoms with E-state index in [1.807, 2.05) is 0 Å². The van der Waals surface area contributed by atoms with Crippen LogP contribution in [0.15, 0.2) is 40.4 Å². The quantitative estimate of drug-likeness (QED) is 0.623. The van der Waals surface area contributed by atoms with Gasteiger partial charge in [0.2, 0.25) is 0 Å². The highest BCUT2D eigenvalue weighted by Crippen LogP contribution is 2.17. The van der Waals surface area contributed by atoms with E-state index in [2.05, 4.69) is 15.0 Å². The molecule has 0 aliphatic rings. The Balaban J connectivity index is 0.000001000. The van der Waals surface area contributed by atoms with Gasteiger partial charge in [-0.1, -0.05) is 0 Å². The third-order valence-electron chi connectivity index (χ3n) is 2.57. The molecule has 20 heavy (non-hydrogen) atoms. The molecule has 0 saturated heterocycles. The van der Waals surface area contributed by atoms with Crippen molar-refractivity contribution in [3.63, 3.8) is 0 Å². The Morgan fingerprint density at radius 1 is 1.10 bits per heavy atom. The van der Waals surface area contributed by atoms with Crippen molar-refractivity contribution in [1.29, 1.82) is 0 Å². The fraction of sp³-hybridized carbons (Fsp3) is 0. The molecule has 0 spiro atoms. The average molecular weight is 301 g/mol. The fourth-order valence-corrected chi connectivity index (χ4v) is 1.73. The van der Waals surface area contributed by atoms with Crippen LogP contribution in [0, 0.1) is 5.82 Å². The number of hydrogen-bond acceptors (Lipinski definition) is 3. The van der Waals surface area contributed by atoms with Crippen LogP contribution in [0.4, 0.5) is 4.39 Å². The van der Waals surface area contributed by atoms with Crippen LogP contribution in [0.25, 0.3) is 16.7 Å². The summed E-state index contributed by atoms with van der Waals surface area (Å²) in [5.74, 6) is -0.525. The molecule has 0 saturated carbocycles. The van der Waals surface area contributed by atoms with Gasteiger partial charge in [-0.25, -0.2) is 9.37 Å². The number of rotatable bonds is 1. The van der Waals surface area contributed by atoms with Gasteiger partial charge in [0.15, 0.2) is 0 Å². The van der Waals surface area contributed by atoms with Crippen LogP contribution < -0.4 is 11.1 Å². The van der Waals surface area contributed by atoms with Gasteiger partial charge in [0.25, 0.3) is 0 Å². The predicted molar refractivity (Wildman–Crippen MR) is 73.1 cm³/mol. The van der Waals surface area contributed by atoms with E-state index in [1.165, 1.54) is 23.2 Å². The summed E-state index contributed by atoms with van der Waals surface area (Å²) >= 11 is 0. The molecule has 106 valence electrons. The lowest BCUT2D eigenvalue weighted by Gasteiger charge is -2.05. The Labute approximate surface area is 116 Å². The Bertz CT molecular complexity index is 841. The van der Waals surface area contributed by atoms with E-state index in [4.69, 9.17) is 0 Å². The zero-order chi connectivity index (χ0) is 12.7. The zero-order valence-electron chi connectivity index (χ0n) is 9.88. The molecule has 2 heterocycles. The minimum Gasteiger partial charge on any atom is -0.412 e. The van der Waals surface area contributed by atoms with Gasteiger partial charge in [0, 0.05) is 18.5 Å². The van der Waals surface area contributed by atoms with Crippen molar-refractivity contribution in [1.82, 2.24) is 19.5 Å². The third kappa shape index (κ3) is 2.46. The molecule has 0 amide bonds. The third-order valence-corrected chi connectivity index (χ3v) is 2.57. The number of H-pyrrole nitrogens is 2. The van der Waals surface area contributed by atoms with Gasteiger partial charge in [-0.3, -0.25) is 9.59 Å². The Hall–Kier alpha value is -2.45. The number of halogens is 2. The minimum atomic E-state index is -0.808. The van der Waals surface area contributed by atoms with Gasteiger partial charge < -0.3 is 20.0 Å². The average Bonchev–Trinajstić information content (AvgIpc) is 2.84. The van der Waals surface area contributed by atoms with Crippen LogP contribution in [0.5, 0.6) is 0 Å². The van der Waals surface area contributed by atoms with Crippen LogP contribution in [-0.2, 0) is 0 Å². The number of imidazole rings is 1. The second-order valence-corrected chi connectivity index (χ2v) is 3.73. The summed E-state index contributed by atoms with van der Waals surface area (Å²) in [4.78, 5) is 30.8. The lowest BCUT2D eigenvalue weighted by molar-refractivity contribution is 0.619. The summed E-state index contributed by atoms with van der Waals surface area (Å²) in [5.41, 5.74) is -0.753. The molecule has 7 nitrogen and oxygen atoms in total. The predicted octanol–water partition coefficient (Wildman–Crippen LogP) is 0.138. The van der Waals surface area contributed by atoms with Crippen molar-refractivity contribution < 1.29 is 9.87 Å². The van der Waals surface area contributed by atoms with Crippen LogP contribution in [0.1, 0.15) is 0 Å². The lowest BCUT2D eigenvalue weighted by Crippen LogP contribution is -2.29. The molecule has 0 bridgehead atoms. The molecule has 3 aromatic rings. The van der Waals surface area contributed by atoms with Gasteiger partial charge in [-0.15, -0.1) is 12.4 Å². The maximum Gasteiger partial charge on any atom is 0.314 e. The summed E-state index contributed by atoms with van der Waals surface area (Å²) < 4.78 is 15.3. The maximum absolute atomic E-state index is 13.9. The molecule has 0 unspecified atom stereocenters. The first-order valence-electron chi connectivity index (χ1n) is 5.09. The van der Waals surface area contributed by atoms with Crippen LogP contribution in [0.2, 0.25) is 0 Å². The van der Waals surface area contributed by atoms with Crippen LogP contribution >= 0.6 is 12.4 Å². The van der Waals surface area contributed by atoms with Crippen molar-refractivity contribution in [2.45, 2.75) is 0 Å².